The van der Waals surface area contributed by atoms with Crippen molar-refractivity contribution in [3.05, 3.63) is 83.1 Å². The van der Waals surface area contributed by atoms with Gasteiger partial charge in [0.05, 0.1) is 24.3 Å². The molecule has 3 aromatic heterocycles. The van der Waals surface area contributed by atoms with Crippen LogP contribution in [0.15, 0.2) is 54.7 Å². The van der Waals surface area contributed by atoms with Gasteiger partial charge in [-0.25, -0.2) is 0 Å². The van der Waals surface area contributed by atoms with Crippen molar-refractivity contribution in [1.82, 2.24) is 29.7 Å². The van der Waals surface area contributed by atoms with Crippen molar-refractivity contribution >= 4 is 11.6 Å². The highest BCUT2D eigenvalue weighted by atomic mass is 16.1. The van der Waals surface area contributed by atoms with Gasteiger partial charge in [0.25, 0.3) is 5.91 Å². The lowest BCUT2D eigenvalue weighted by Crippen LogP contribution is -2.25. The standard InChI is InChI=1S/C20H20N6O/c1-14-19(15(2)26(24-14)13-16-8-4-3-5-9-16)20(27)21-12-18-23-22-17-10-6-7-11-25(17)18/h3-11H,12-13H2,1-2H3,(H,21,27). The molecule has 1 aromatic carbocycles. The van der Waals surface area contributed by atoms with Crippen molar-refractivity contribution in [2.75, 3.05) is 0 Å². The third-order valence-electron chi connectivity index (χ3n) is 4.58. The van der Waals surface area contributed by atoms with Crippen LogP contribution in [0.25, 0.3) is 5.65 Å². The van der Waals surface area contributed by atoms with Crippen LogP contribution in [-0.4, -0.2) is 30.3 Å². The molecule has 0 spiro atoms. The topological polar surface area (TPSA) is 77.1 Å². The van der Waals surface area contributed by atoms with E-state index in [1.54, 1.807) is 0 Å². The zero-order valence-corrected chi connectivity index (χ0v) is 15.3. The first-order valence-electron chi connectivity index (χ1n) is 8.78. The van der Waals surface area contributed by atoms with Crippen LogP contribution in [0, 0.1) is 13.8 Å². The summed E-state index contributed by atoms with van der Waals surface area (Å²) in [5.74, 6) is 0.530. The number of carbonyl (C=O) groups is 1. The lowest BCUT2D eigenvalue weighted by molar-refractivity contribution is 0.0948. The molecule has 0 saturated heterocycles. The maximum absolute atomic E-state index is 12.8. The van der Waals surface area contributed by atoms with Crippen LogP contribution >= 0.6 is 0 Å². The van der Waals surface area contributed by atoms with E-state index in [-0.39, 0.29) is 5.91 Å². The van der Waals surface area contributed by atoms with E-state index in [0.29, 0.717) is 30.2 Å². The Morgan fingerprint density at radius 1 is 1.04 bits per heavy atom. The molecule has 1 N–H and O–H groups in total. The molecule has 3 heterocycles. The summed E-state index contributed by atoms with van der Waals surface area (Å²) >= 11 is 0. The maximum Gasteiger partial charge on any atom is 0.255 e. The molecule has 0 saturated carbocycles. The molecule has 0 bridgehead atoms. The summed E-state index contributed by atoms with van der Waals surface area (Å²) in [6.07, 6.45) is 1.88. The Kier molecular flexibility index (Phi) is 4.42. The summed E-state index contributed by atoms with van der Waals surface area (Å²) in [7, 11) is 0. The Hall–Kier alpha value is -3.48. The molecular formula is C20H20N6O. The largest absolute Gasteiger partial charge is 0.345 e. The fourth-order valence-corrected chi connectivity index (χ4v) is 3.20. The number of carbonyl (C=O) groups excluding carboxylic acids is 1. The Morgan fingerprint density at radius 3 is 2.63 bits per heavy atom. The van der Waals surface area contributed by atoms with Crippen molar-refractivity contribution in [2.45, 2.75) is 26.9 Å². The molecule has 0 aliphatic heterocycles. The molecular weight excluding hydrogens is 340 g/mol. The SMILES string of the molecule is Cc1nn(Cc2ccccc2)c(C)c1C(=O)NCc1nnc2ccccn12. The number of hydrogen-bond acceptors (Lipinski definition) is 4. The number of benzene rings is 1. The quantitative estimate of drug-likeness (QED) is 0.593. The average molecular weight is 360 g/mol. The summed E-state index contributed by atoms with van der Waals surface area (Å²) in [6.45, 7) is 4.71. The van der Waals surface area contributed by atoms with Gasteiger partial charge in [-0.3, -0.25) is 13.9 Å². The molecule has 0 unspecified atom stereocenters. The van der Waals surface area contributed by atoms with Gasteiger partial charge < -0.3 is 5.32 Å². The monoisotopic (exact) mass is 360 g/mol. The lowest BCUT2D eigenvalue weighted by Gasteiger charge is -2.07. The Morgan fingerprint density at radius 2 is 1.81 bits per heavy atom. The third-order valence-corrected chi connectivity index (χ3v) is 4.58. The number of nitrogens with one attached hydrogen (secondary N) is 1. The molecule has 136 valence electrons. The summed E-state index contributed by atoms with van der Waals surface area (Å²) in [5, 5.41) is 15.7. The van der Waals surface area contributed by atoms with Crippen LogP contribution in [0.3, 0.4) is 0 Å². The van der Waals surface area contributed by atoms with Gasteiger partial charge in [0.2, 0.25) is 0 Å². The molecule has 0 aliphatic carbocycles. The molecule has 0 aliphatic rings. The minimum Gasteiger partial charge on any atom is -0.345 e. The Labute approximate surface area is 156 Å². The number of aryl methyl sites for hydroxylation is 1. The molecule has 7 heteroatoms. The highest BCUT2D eigenvalue weighted by Crippen LogP contribution is 2.15. The summed E-state index contributed by atoms with van der Waals surface area (Å²) in [4.78, 5) is 12.8. The van der Waals surface area contributed by atoms with Gasteiger partial charge in [0, 0.05) is 11.9 Å². The van der Waals surface area contributed by atoms with Crippen LogP contribution in [0.4, 0.5) is 0 Å². The number of hydrogen-bond donors (Lipinski definition) is 1. The average Bonchev–Trinajstić information content (AvgIpc) is 3.21. The molecule has 4 rings (SSSR count). The zero-order valence-electron chi connectivity index (χ0n) is 15.3. The normalized spacial score (nSPS) is 11.0. The zero-order chi connectivity index (χ0) is 18.8. The number of fused-ring (bicyclic) bond motifs is 1. The van der Waals surface area contributed by atoms with E-state index >= 15 is 0 Å². The highest BCUT2D eigenvalue weighted by Gasteiger charge is 2.19. The van der Waals surface area contributed by atoms with Gasteiger partial charge in [0.1, 0.15) is 0 Å². The van der Waals surface area contributed by atoms with Crippen LogP contribution in [0.2, 0.25) is 0 Å². The van der Waals surface area contributed by atoms with E-state index in [1.807, 2.05) is 77.7 Å². The van der Waals surface area contributed by atoms with Crippen LogP contribution in [-0.2, 0) is 13.1 Å². The van der Waals surface area contributed by atoms with Crippen LogP contribution in [0.1, 0.15) is 33.1 Å². The van der Waals surface area contributed by atoms with Gasteiger partial charge in [0.15, 0.2) is 11.5 Å². The van der Waals surface area contributed by atoms with E-state index in [0.717, 1.165) is 16.9 Å². The van der Waals surface area contributed by atoms with Gasteiger partial charge in [-0.15, -0.1) is 10.2 Å². The second-order valence-electron chi connectivity index (χ2n) is 6.42. The molecule has 0 radical (unpaired) electrons. The molecule has 7 nitrogen and oxygen atoms in total. The highest BCUT2D eigenvalue weighted by molar-refractivity contribution is 5.96. The molecule has 0 atom stereocenters. The van der Waals surface area contributed by atoms with Crippen LogP contribution < -0.4 is 5.32 Å². The summed E-state index contributed by atoms with van der Waals surface area (Å²) in [5.41, 5.74) is 4.07. The summed E-state index contributed by atoms with van der Waals surface area (Å²) < 4.78 is 3.73. The van der Waals surface area contributed by atoms with Gasteiger partial charge in [-0.2, -0.15) is 5.10 Å². The number of rotatable bonds is 5. The summed E-state index contributed by atoms with van der Waals surface area (Å²) in [6, 6.07) is 15.8. The van der Waals surface area contributed by atoms with Crippen molar-refractivity contribution < 1.29 is 4.79 Å². The van der Waals surface area contributed by atoms with Crippen molar-refractivity contribution in [3.8, 4) is 0 Å². The van der Waals surface area contributed by atoms with Crippen LogP contribution in [0.5, 0.6) is 0 Å². The second kappa shape index (κ2) is 7.03. The van der Waals surface area contributed by atoms with Crippen molar-refractivity contribution in [2.24, 2.45) is 0 Å². The number of pyridine rings is 1. The predicted molar refractivity (Wildman–Crippen MR) is 101 cm³/mol. The first kappa shape index (κ1) is 17.0. The Balaban J connectivity index is 1.52. The van der Waals surface area contributed by atoms with E-state index in [9.17, 15) is 4.79 Å². The Bertz CT molecular complexity index is 1100. The van der Waals surface area contributed by atoms with Crippen molar-refractivity contribution in [3.63, 3.8) is 0 Å². The molecule has 0 fully saturated rings. The number of amides is 1. The van der Waals surface area contributed by atoms with E-state index in [2.05, 4.69) is 20.6 Å². The first-order chi connectivity index (χ1) is 13.1. The number of aromatic nitrogens is 5. The van der Waals surface area contributed by atoms with Gasteiger partial charge in [-0.1, -0.05) is 36.4 Å². The van der Waals surface area contributed by atoms with Gasteiger partial charge >= 0.3 is 0 Å². The smallest absolute Gasteiger partial charge is 0.255 e. The molecule has 4 aromatic rings. The first-order valence-corrected chi connectivity index (χ1v) is 8.78. The van der Waals surface area contributed by atoms with Crippen molar-refractivity contribution in [1.29, 1.82) is 0 Å². The maximum atomic E-state index is 12.8. The second-order valence-corrected chi connectivity index (χ2v) is 6.42. The lowest BCUT2D eigenvalue weighted by atomic mass is 10.1. The molecule has 1 amide bonds. The van der Waals surface area contributed by atoms with E-state index < -0.39 is 0 Å². The fraction of sp³-hybridized carbons (Fsp3) is 0.200. The fourth-order valence-electron chi connectivity index (χ4n) is 3.20. The van der Waals surface area contributed by atoms with E-state index in [4.69, 9.17) is 0 Å². The minimum atomic E-state index is -0.156. The van der Waals surface area contributed by atoms with Gasteiger partial charge in [-0.05, 0) is 31.5 Å². The predicted octanol–water partition coefficient (Wildman–Crippen LogP) is 2.52. The minimum absolute atomic E-state index is 0.156. The third kappa shape index (κ3) is 3.31. The molecule has 27 heavy (non-hydrogen) atoms. The van der Waals surface area contributed by atoms with E-state index in [1.165, 1.54) is 0 Å². The number of nitrogens with zero attached hydrogens (tertiary/aromatic N) is 5.